The first-order valence-electron chi connectivity index (χ1n) is 5.83. The Morgan fingerprint density at radius 1 is 1.60 bits per heavy atom. The van der Waals surface area contributed by atoms with E-state index in [0.717, 1.165) is 25.9 Å². The fourth-order valence-electron chi connectivity index (χ4n) is 1.54. The lowest BCUT2D eigenvalue weighted by Gasteiger charge is -2.23. The van der Waals surface area contributed by atoms with Crippen molar-refractivity contribution in [1.29, 1.82) is 0 Å². The average molecular weight is 214 g/mol. The number of ether oxygens (including phenoxy) is 1. The molecule has 88 valence electrons. The van der Waals surface area contributed by atoms with Crippen molar-refractivity contribution in [2.75, 3.05) is 19.8 Å². The van der Waals surface area contributed by atoms with Crippen LogP contribution in [0.1, 0.15) is 33.1 Å². The molecule has 1 aliphatic heterocycles. The zero-order valence-corrected chi connectivity index (χ0v) is 9.71. The standard InChI is InChI=1S/C11H22N2O2/c1-3-9(2)12-7-11(14)13-10-5-4-6-15-8-10/h9-10,12H,3-8H2,1-2H3,(H,13,14). The van der Waals surface area contributed by atoms with Gasteiger partial charge in [-0.05, 0) is 26.2 Å². The van der Waals surface area contributed by atoms with E-state index in [1.165, 1.54) is 0 Å². The third kappa shape index (κ3) is 5.14. The van der Waals surface area contributed by atoms with Crippen LogP contribution in [0.3, 0.4) is 0 Å². The predicted octanol–water partition coefficient (Wildman–Crippen LogP) is 0.670. The van der Waals surface area contributed by atoms with Gasteiger partial charge in [0.15, 0.2) is 0 Å². The van der Waals surface area contributed by atoms with Crippen LogP contribution in [0.25, 0.3) is 0 Å². The third-order valence-electron chi connectivity index (χ3n) is 2.75. The molecule has 0 bridgehead atoms. The predicted molar refractivity (Wildman–Crippen MR) is 59.7 cm³/mol. The molecule has 0 aromatic rings. The Balaban J connectivity index is 2.11. The number of hydrogen-bond donors (Lipinski definition) is 2. The van der Waals surface area contributed by atoms with Crippen LogP contribution in [0.2, 0.25) is 0 Å². The van der Waals surface area contributed by atoms with E-state index in [1.807, 2.05) is 0 Å². The van der Waals surface area contributed by atoms with Crippen molar-refractivity contribution >= 4 is 5.91 Å². The molecule has 1 heterocycles. The van der Waals surface area contributed by atoms with Gasteiger partial charge in [0.05, 0.1) is 19.2 Å². The lowest BCUT2D eigenvalue weighted by Crippen LogP contribution is -2.45. The van der Waals surface area contributed by atoms with Crippen LogP contribution in [0.4, 0.5) is 0 Å². The fraction of sp³-hybridized carbons (Fsp3) is 0.909. The van der Waals surface area contributed by atoms with E-state index < -0.39 is 0 Å². The van der Waals surface area contributed by atoms with Crippen LogP contribution >= 0.6 is 0 Å². The molecule has 2 N–H and O–H groups in total. The van der Waals surface area contributed by atoms with Crippen molar-refractivity contribution in [3.63, 3.8) is 0 Å². The highest BCUT2D eigenvalue weighted by Crippen LogP contribution is 2.05. The molecule has 2 unspecified atom stereocenters. The van der Waals surface area contributed by atoms with Crippen LogP contribution in [0.15, 0.2) is 0 Å². The normalized spacial score (nSPS) is 23.5. The molecular formula is C11H22N2O2. The average Bonchev–Trinajstić information content (AvgIpc) is 2.27. The van der Waals surface area contributed by atoms with Crippen molar-refractivity contribution in [1.82, 2.24) is 10.6 Å². The van der Waals surface area contributed by atoms with Crippen molar-refractivity contribution < 1.29 is 9.53 Å². The molecule has 2 atom stereocenters. The Labute approximate surface area is 91.8 Å². The van der Waals surface area contributed by atoms with Gasteiger partial charge >= 0.3 is 0 Å². The molecular weight excluding hydrogens is 192 g/mol. The third-order valence-corrected chi connectivity index (χ3v) is 2.75. The van der Waals surface area contributed by atoms with Crippen LogP contribution in [-0.4, -0.2) is 37.7 Å². The van der Waals surface area contributed by atoms with Gasteiger partial charge in [0, 0.05) is 12.6 Å². The van der Waals surface area contributed by atoms with Crippen molar-refractivity contribution in [3.8, 4) is 0 Å². The number of nitrogens with one attached hydrogen (secondary N) is 2. The molecule has 1 aliphatic rings. The molecule has 1 saturated heterocycles. The van der Waals surface area contributed by atoms with E-state index in [-0.39, 0.29) is 11.9 Å². The molecule has 4 nitrogen and oxygen atoms in total. The summed E-state index contributed by atoms with van der Waals surface area (Å²) in [6.45, 7) is 6.08. The number of rotatable bonds is 5. The second-order valence-electron chi connectivity index (χ2n) is 4.17. The summed E-state index contributed by atoms with van der Waals surface area (Å²) in [7, 11) is 0. The van der Waals surface area contributed by atoms with Gasteiger partial charge in [-0.1, -0.05) is 6.92 Å². The SMILES string of the molecule is CCC(C)NCC(=O)NC1CCCOC1. The lowest BCUT2D eigenvalue weighted by molar-refractivity contribution is -0.122. The summed E-state index contributed by atoms with van der Waals surface area (Å²) >= 11 is 0. The lowest BCUT2D eigenvalue weighted by atomic mass is 10.1. The highest BCUT2D eigenvalue weighted by atomic mass is 16.5. The maximum atomic E-state index is 11.5. The van der Waals surface area contributed by atoms with Gasteiger partial charge in [0.2, 0.25) is 5.91 Å². The topological polar surface area (TPSA) is 50.4 Å². The molecule has 0 spiro atoms. The number of carbonyl (C=O) groups is 1. The van der Waals surface area contributed by atoms with Gasteiger partial charge in [0.25, 0.3) is 0 Å². The van der Waals surface area contributed by atoms with Crippen LogP contribution in [-0.2, 0) is 9.53 Å². The minimum absolute atomic E-state index is 0.0748. The van der Waals surface area contributed by atoms with Gasteiger partial charge in [-0.15, -0.1) is 0 Å². The van der Waals surface area contributed by atoms with E-state index in [1.54, 1.807) is 0 Å². The number of hydrogen-bond acceptors (Lipinski definition) is 3. The first kappa shape index (κ1) is 12.5. The number of amides is 1. The quantitative estimate of drug-likeness (QED) is 0.707. The highest BCUT2D eigenvalue weighted by Gasteiger charge is 2.15. The molecule has 1 amide bonds. The van der Waals surface area contributed by atoms with Gasteiger partial charge in [0.1, 0.15) is 0 Å². The largest absolute Gasteiger partial charge is 0.379 e. The highest BCUT2D eigenvalue weighted by molar-refractivity contribution is 5.78. The van der Waals surface area contributed by atoms with Crippen molar-refractivity contribution in [2.45, 2.75) is 45.2 Å². The summed E-state index contributed by atoms with van der Waals surface area (Å²) in [5.74, 6) is 0.0748. The van der Waals surface area contributed by atoms with Gasteiger partial charge in [-0.3, -0.25) is 4.79 Å². The molecule has 1 fully saturated rings. The van der Waals surface area contributed by atoms with E-state index in [0.29, 0.717) is 19.2 Å². The molecule has 4 heteroatoms. The Kier molecular flexibility index (Phi) is 5.65. The summed E-state index contributed by atoms with van der Waals surface area (Å²) in [5.41, 5.74) is 0. The minimum Gasteiger partial charge on any atom is -0.379 e. The Morgan fingerprint density at radius 2 is 2.40 bits per heavy atom. The van der Waals surface area contributed by atoms with Crippen molar-refractivity contribution in [3.05, 3.63) is 0 Å². The molecule has 0 saturated carbocycles. The zero-order chi connectivity index (χ0) is 11.1. The summed E-state index contributed by atoms with van der Waals surface area (Å²) in [4.78, 5) is 11.5. The smallest absolute Gasteiger partial charge is 0.234 e. The van der Waals surface area contributed by atoms with Crippen molar-refractivity contribution in [2.24, 2.45) is 0 Å². The maximum Gasteiger partial charge on any atom is 0.234 e. The second-order valence-corrected chi connectivity index (χ2v) is 4.17. The monoisotopic (exact) mass is 214 g/mol. The van der Waals surface area contributed by atoms with E-state index in [9.17, 15) is 4.79 Å². The summed E-state index contributed by atoms with van der Waals surface area (Å²) in [6.07, 6.45) is 3.12. The molecule has 15 heavy (non-hydrogen) atoms. The second kappa shape index (κ2) is 6.80. The van der Waals surface area contributed by atoms with E-state index in [2.05, 4.69) is 24.5 Å². The first-order chi connectivity index (χ1) is 7.22. The number of carbonyl (C=O) groups excluding carboxylic acids is 1. The Bertz CT molecular complexity index is 191. The fourth-order valence-corrected chi connectivity index (χ4v) is 1.54. The molecule has 0 aromatic carbocycles. The van der Waals surface area contributed by atoms with E-state index in [4.69, 9.17) is 4.74 Å². The summed E-state index contributed by atoms with van der Waals surface area (Å²) in [5, 5.41) is 6.14. The Hall–Kier alpha value is -0.610. The maximum absolute atomic E-state index is 11.5. The summed E-state index contributed by atoms with van der Waals surface area (Å²) in [6, 6.07) is 0.614. The van der Waals surface area contributed by atoms with Gasteiger partial charge in [-0.25, -0.2) is 0 Å². The first-order valence-corrected chi connectivity index (χ1v) is 5.83. The van der Waals surface area contributed by atoms with Gasteiger partial charge in [-0.2, -0.15) is 0 Å². The molecule has 1 rings (SSSR count). The molecule has 0 aromatic heterocycles. The van der Waals surface area contributed by atoms with Crippen LogP contribution < -0.4 is 10.6 Å². The van der Waals surface area contributed by atoms with Crippen LogP contribution in [0, 0.1) is 0 Å². The summed E-state index contributed by atoms with van der Waals surface area (Å²) < 4.78 is 5.29. The van der Waals surface area contributed by atoms with Crippen LogP contribution in [0.5, 0.6) is 0 Å². The van der Waals surface area contributed by atoms with E-state index >= 15 is 0 Å². The molecule has 0 radical (unpaired) electrons. The molecule has 0 aliphatic carbocycles. The van der Waals surface area contributed by atoms with Gasteiger partial charge < -0.3 is 15.4 Å². The minimum atomic E-state index is 0.0748. The Morgan fingerprint density at radius 3 is 3.00 bits per heavy atom. The zero-order valence-electron chi connectivity index (χ0n) is 9.71.